The largest absolute Gasteiger partial charge is 0.466 e. The highest BCUT2D eigenvalue weighted by Crippen LogP contribution is 2.50. The number of ether oxygens (including phenoxy) is 2. The molecule has 0 N–H and O–H groups in total. The SMILES string of the molecule is CCOC(=CP(=O)(OCC)OCC)OCC. The molecule has 0 aliphatic carbocycles. The van der Waals surface area contributed by atoms with Crippen LogP contribution in [-0.4, -0.2) is 26.4 Å². The molecule has 0 heterocycles. The zero-order valence-electron chi connectivity index (χ0n) is 10.4. The molecule has 6 heteroatoms. The van der Waals surface area contributed by atoms with Crippen LogP contribution in [0.15, 0.2) is 11.8 Å². The van der Waals surface area contributed by atoms with Gasteiger partial charge in [-0.1, -0.05) is 0 Å². The summed E-state index contributed by atoms with van der Waals surface area (Å²) in [6, 6.07) is 0. The molecule has 0 fully saturated rings. The molecule has 0 aliphatic heterocycles. The minimum absolute atomic E-state index is 0.190. The van der Waals surface area contributed by atoms with Crippen molar-refractivity contribution in [3.63, 3.8) is 0 Å². The first-order valence-electron chi connectivity index (χ1n) is 5.49. The van der Waals surface area contributed by atoms with Gasteiger partial charge in [-0.25, -0.2) is 0 Å². The fourth-order valence-corrected chi connectivity index (χ4v) is 2.35. The predicted octanol–water partition coefficient (Wildman–Crippen LogP) is 3.12. The van der Waals surface area contributed by atoms with E-state index in [9.17, 15) is 4.57 Å². The van der Waals surface area contributed by atoms with Gasteiger partial charge in [0.15, 0.2) is 0 Å². The lowest BCUT2D eigenvalue weighted by Crippen LogP contribution is -2.00. The van der Waals surface area contributed by atoms with Crippen molar-refractivity contribution in [3.05, 3.63) is 11.8 Å². The van der Waals surface area contributed by atoms with Gasteiger partial charge in [0.1, 0.15) is 5.82 Å². The van der Waals surface area contributed by atoms with Gasteiger partial charge in [-0.3, -0.25) is 4.57 Å². The summed E-state index contributed by atoms with van der Waals surface area (Å²) >= 11 is 0. The van der Waals surface area contributed by atoms with Crippen LogP contribution < -0.4 is 0 Å². The molecule has 0 spiro atoms. The van der Waals surface area contributed by atoms with Gasteiger partial charge in [0.05, 0.1) is 26.4 Å². The van der Waals surface area contributed by atoms with Gasteiger partial charge in [0.25, 0.3) is 5.95 Å². The van der Waals surface area contributed by atoms with Crippen molar-refractivity contribution in [2.75, 3.05) is 26.4 Å². The summed E-state index contributed by atoms with van der Waals surface area (Å²) < 4.78 is 32.6. The van der Waals surface area contributed by atoms with Gasteiger partial charge in [0, 0.05) is 0 Å². The van der Waals surface area contributed by atoms with Crippen molar-refractivity contribution in [2.45, 2.75) is 27.7 Å². The van der Waals surface area contributed by atoms with Crippen LogP contribution in [0.3, 0.4) is 0 Å². The summed E-state index contributed by atoms with van der Waals surface area (Å²) in [5.74, 6) is 1.47. The lowest BCUT2D eigenvalue weighted by atomic mass is 10.8. The van der Waals surface area contributed by atoms with Crippen LogP contribution in [0.1, 0.15) is 27.7 Å². The Morgan fingerprint density at radius 3 is 1.69 bits per heavy atom. The van der Waals surface area contributed by atoms with Crippen LogP contribution in [0.25, 0.3) is 0 Å². The predicted molar refractivity (Wildman–Crippen MR) is 62.2 cm³/mol. The van der Waals surface area contributed by atoms with Crippen molar-refractivity contribution in [1.82, 2.24) is 0 Å². The summed E-state index contributed by atoms with van der Waals surface area (Å²) in [5.41, 5.74) is 0. The first-order chi connectivity index (χ1) is 7.61. The van der Waals surface area contributed by atoms with Crippen molar-refractivity contribution in [1.29, 1.82) is 0 Å². The van der Waals surface area contributed by atoms with Crippen molar-refractivity contribution in [3.8, 4) is 0 Å². The number of rotatable bonds is 9. The van der Waals surface area contributed by atoms with E-state index in [0.29, 0.717) is 26.4 Å². The third kappa shape index (κ3) is 6.16. The zero-order chi connectivity index (χ0) is 12.4. The first-order valence-corrected chi connectivity index (χ1v) is 7.10. The molecule has 0 radical (unpaired) electrons. The van der Waals surface area contributed by atoms with E-state index in [0.717, 1.165) is 0 Å². The number of hydrogen-bond acceptors (Lipinski definition) is 5. The Morgan fingerprint density at radius 1 is 0.938 bits per heavy atom. The topological polar surface area (TPSA) is 54.0 Å². The molecular formula is C10H21O5P. The Bertz CT molecular complexity index is 234. The average Bonchev–Trinajstić information content (AvgIpc) is 2.18. The molecule has 0 aliphatic rings. The molecule has 0 amide bonds. The third-order valence-electron chi connectivity index (χ3n) is 1.45. The van der Waals surface area contributed by atoms with Crippen molar-refractivity contribution >= 4 is 7.60 Å². The second-order valence-electron chi connectivity index (χ2n) is 2.69. The van der Waals surface area contributed by atoms with Gasteiger partial charge in [-0.05, 0) is 27.7 Å². The Morgan fingerprint density at radius 2 is 1.38 bits per heavy atom. The highest BCUT2D eigenvalue weighted by Gasteiger charge is 2.23. The molecule has 0 atom stereocenters. The quantitative estimate of drug-likeness (QED) is 0.466. The molecule has 16 heavy (non-hydrogen) atoms. The van der Waals surface area contributed by atoms with Crippen LogP contribution in [0, 0.1) is 0 Å². The Hall–Kier alpha value is -0.510. The molecule has 0 aromatic rings. The highest BCUT2D eigenvalue weighted by atomic mass is 31.2. The fraction of sp³-hybridized carbons (Fsp3) is 0.800. The molecule has 0 aromatic heterocycles. The minimum Gasteiger partial charge on any atom is -0.466 e. The lowest BCUT2D eigenvalue weighted by Gasteiger charge is -2.15. The standard InChI is InChI=1S/C10H21O5P/c1-5-12-10(13-6-2)9-16(11,14-7-3)15-8-4/h9H,5-8H2,1-4H3. The van der Waals surface area contributed by atoms with E-state index in [-0.39, 0.29) is 5.95 Å². The summed E-state index contributed by atoms with van der Waals surface area (Å²) in [5, 5.41) is 0. The third-order valence-corrected chi connectivity index (χ3v) is 3.22. The minimum atomic E-state index is -3.25. The maximum Gasteiger partial charge on any atom is 0.361 e. The van der Waals surface area contributed by atoms with E-state index in [1.807, 2.05) is 13.8 Å². The monoisotopic (exact) mass is 252 g/mol. The second-order valence-corrected chi connectivity index (χ2v) is 4.54. The Balaban J connectivity index is 4.74. The molecule has 0 aromatic carbocycles. The van der Waals surface area contributed by atoms with Gasteiger partial charge < -0.3 is 18.5 Å². The highest BCUT2D eigenvalue weighted by molar-refractivity contribution is 7.57. The van der Waals surface area contributed by atoms with Crippen LogP contribution >= 0.6 is 7.60 Å². The van der Waals surface area contributed by atoms with Crippen LogP contribution in [0.4, 0.5) is 0 Å². The Labute approximate surface area is 97.3 Å². The van der Waals surface area contributed by atoms with E-state index in [4.69, 9.17) is 18.5 Å². The van der Waals surface area contributed by atoms with Crippen molar-refractivity contribution < 1.29 is 23.1 Å². The van der Waals surface area contributed by atoms with E-state index in [1.165, 1.54) is 5.82 Å². The van der Waals surface area contributed by atoms with Crippen LogP contribution in [0.2, 0.25) is 0 Å². The molecule has 96 valence electrons. The molecular weight excluding hydrogens is 231 g/mol. The average molecular weight is 252 g/mol. The number of hydrogen-bond donors (Lipinski definition) is 0. The first kappa shape index (κ1) is 15.5. The summed E-state index contributed by atoms with van der Waals surface area (Å²) in [4.78, 5) is 0. The smallest absolute Gasteiger partial charge is 0.361 e. The molecule has 0 unspecified atom stereocenters. The fourth-order valence-electron chi connectivity index (χ4n) is 1.00. The summed E-state index contributed by atoms with van der Waals surface area (Å²) in [6.07, 6.45) is 0. The summed E-state index contributed by atoms with van der Waals surface area (Å²) in [6.45, 7) is 8.62. The molecule has 5 nitrogen and oxygen atoms in total. The maximum atomic E-state index is 12.1. The van der Waals surface area contributed by atoms with E-state index >= 15 is 0 Å². The van der Waals surface area contributed by atoms with Gasteiger partial charge in [-0.2, -0.15) is 0 Å². The zero-order valence-corrected chi connectivity index (χ0v) is 11.3. The van der Waals surface area contributed by atoms with E-state index in [2.05, 4.69) is 0 Å². The molecule has 0 saturated carbocycles. The van der Waals surface area contributed by atoms with E-state index in [1.54, 1.807) is 13.8 Å². The van der Waals surface area contributed by atoms with Gasteiger partial charge in [-0.15, -0.1) is 0 Å². The Kier molecular flexibility index (Phi) is 8.35. The molecule has 0 saturated heterocycles. The van der Waals surface area contributed by atoms with Crippen LogP contribution in [0.5, 0.6) is 0 Å². The van der Waals surface area contributed by atoms with E-state index < -0.39 is 7.60 Å². The molecule has 0 rings (SSSR count). The second kappa shape index (κ2) is 8.62. The normalized spacial score (nSPS) is 11.0. The van der Waals surface area contributed by atoms with Crippen molar-refractivity contribution in [2.24, 2.45) is 0 Å². The maximum absolute atomic E-state index is 12.1. The summed E-state index contributed by atoms with van der Waals surface area (Å²) in [7, 11) is -3.25. The van der Waals surface area contributed by atoms with Crippen LogP contribution in [-0.2, 0) is 23.1 Å². The van der Waals surface area contributed by atoms with Gasteiger partial charge >= 0.3 is 7.60 Å². The molecule has 0 bridgehead atoms. The van der Waals surface area contributed by atoms with Gasteiger partial charge in [0.2, 0.25) is 0 Å². The lowest BCUT2D eigenvalue weighted by molar-refractivity contribution is 0.0466.